The molecule has 38 heteroatoms. The van der Waals surface area contributed by atoms with E-state index >= 15 is 0 Å². The zero-order valence-corrected chi connectivity index (χ0v) is 50.2. The average molecular weight is 1310 g/mol. The normalized spacial score (nSPS) is 22.9. The molecule has 19 N–H and O–H groups in total. The number of carboxylic acid groups (broad SMARTS) is 4. The molecule has 1 saturated heterocycles. The fourth-order valence-corrected chi connectivity index (χ4v) is 8.29. The Morgan fingerprint density at radius 2 is 1.23 bits per heavy atom. The lowest BCUT2D eigenvalue weighted by atomic mass is 9.96. The molecular weight excluding hydrogens is 1230 g/mol. The summed E-state index contributed by atoms with van der Waals surface area (Å²) in [6, 6.07) is -12.6. The number of cyclic esters (lactones) is 1. The van der Waals surface area contributed by atoms with Crippen LogP contribution in [0.15, 0.2) is 36.9 Å². The van der Waals surface area contributed by atoms with Crippen LogP contribution >= 0.6 is 12.2 Å². The van der Waals surface area contributed by atoms with Crippen LogP contribution in [0.5, 0.6) is 0 Å². The summed E-state index contributed by atoms with van der Waals surface area (Å²) in [5.41, 5.74) is 5.67. The number of amides is 11. The van der Waals surface area contributed by atoms with Crippen molar-refractivity contribution < 1.29 is 117 Å². The molecule has 0 saturated carbocycles. The standard InChI is InChI=1S/C53H73N13O24S/c1-6-14-89-53(88)55-13-9-12-29-46(81)63-32(19-41(77)78)47(82)58-24(3)44(79)62-30(17-39(73)74)45(80)56-20-37(70)61-34(22-67)49(84)65-42(23(2)15-38(71)72)51(86)64-33(16-35(68)27-10-7-8-11-28(27)54)52(87)90-25(4)43(50(85)57-21-36(69)60-29)66-48(83)31(18-40(75)76)59-26(5)91/h6-8,10-11,23-25,29-34,42-43,67H,1,9,12-22,54H2,2-5H3,(H,55,88)(H,56,80)(H,57,85)(H,58,82)(H,59,91)(H,60,69)(H,61,70)(H,62,79)(H,63,81)(H,64,86)(H,65,84)(H,66,83)(H,71,72)(H,73,74)(H,75,76)(H,77,78)/t23?,24-,25-,29+,30+,31+,32+,33+,34-,42+,43+/m1/s1. The first-order chi connectivity index (χ1) is 42.7. The third-order valence-electron chi connectivity index (χ3n) is 12.7. The Morgan fingerprint density at radius 1 is 0.692 bits per heavy atom. The Labute approximate surface area is 522 Å². The Hall–Kier alpha value is -10.4. The Balaban J connectivity index is 2.92. The number of anilines is 1. The van der Waals surface area contributed by atoms with E-state index in [1.54, 1.807) is 0 Å². The highest BCUT2D eigenvalue weighted by molar-refractivity contribution is 7.80. The number of ether oxygens (including phenoxy) is 2. The number of nitrogens with two attached hydrogens (primary N) is 1. The number of hydrogen-bond donors (Lipinski definition) is 18. The second-order valence-corrected chi connectivity index (χ2v) is 20.8. The van der Waals surface area contributed by atoms with Gasteiger partial charge >= 0.3 is 35.9 Å². The van der Waals surface area contributed by atoms with Crippen LogP contribution in [0.25, 0.3) is 0 Å². The van der Waals surface area contributed by atoms with Crippen LogP contribution in [0, 0.1) is 5.92 Å². The van der Waals surface area contributed by atoms with Crippen LogP contribution in [0.4, 0.5) is 10.5 Å². The molecule has 1 aliphatic rings. The van der Waals surface area contributed by atoms with Gasteiger partial charge in [0.1, 0.15) is 67.1 Å². The van der Waals surface area contributed by atoms with Gasteiger partial charge in [-0.2, -0.15) is 0 Å². The van der Waals surface area contributed by atoms with Gasteiger partial charge in [0, 0.05) is 24.2 Å². The van der Waals surface area contributed by atoms with Gasteiger partial charge in [0.2, 0.25) is 59.1 Å². The number of Topliss-reactive ketones (excluding diaryl/α,β-unsaturated/α-hetero) is 1. The number of rotatable bonds is 22. The van der Waals surface area contributed by atoms with Gasteiger partial charge in [-0.1, -0.05) is 43.9 Å². The van der Waals surface area contributed by atoms with Crippen molar-refractivity contribution in [1.82, 2.24) is 63.8 Å². The lowest BCUT2D eigenvalue weighted by Crippen LogP contribution is -2.60. The molecule has 500 valence electrons. The maximum absolute atomic E-state index is 14.4. The molecule has 1 aliphatic heterocycles. The number of para-hydroxylation sites is 1. The van der Waals surface area contributed by atoms with Crippen LogP contribution in [0.1, 0.15) is 83.0 Å². The number of aliphatic hydroxyl groups is 1. The van der Waals surface area contributed by atoms with Crippen molar-refractivity contribution in [3.8, 4) is 0 Å². The molecule has 91 heavy (non-hydrogen) atoms. The number of hydrogen-bond acceptors (Lipinski definition) is 22. The third kappa shape index (κ3) is 27.7. The monoisotopic (exact) mass is 1310 g/mol. The first-order valence-electron chi connectivity index (χ1n) is 27.5. The molecule has 2 rings (SSSR count). The molecular formula is C53H73N13O24S. The van der Waals surface area contributed by atoms with Crippen molar-refractivity contribution in [3.63, 3.8) is 0 Å². The number of ketones is 1. The summed E-state index contributed by atoms with van der Waals surface area (Å²) < 4.78 is 10.4. The Morgan fingerprint density at radius 3 is 1.79 bits per heavy atom. The molecule has 0 radical (unpaired) electrons. The second kappa shape index (κ2) is 38.1. The minimum Gasteiger partial charge on any atom is -0.481 e. The molecule has 0 aromatic heterocycles. The first-order valence-corrected chi connectivity index (χ1v) is 27.9. The molecule has 0 spiro atoms. The van der Waals surface area contributed by atoms with E-state index in [1.807, 2.05) is 16.0 Å². The number of benzene rings is 1. The molecule has 11 atom stereocenters. The quantitative estimate of drug-likeness (QED) is 0.0128. The Kier molecular flexibility index (Phi) is 32.1. The number of carbonyl (C=O) groups excluding carboxylic acids is 13. The maximum atomic E-state index is 14.4. The topological polar surface area (TPSA) is 580 Å². The van der Waals surface area contributed by atoms with E-state index in [4.69, 9.17) is 27.4 Å². The number of esters is 1. The highest BCUT2D eigenvalue weighted by Crippen LogP contribution is 2.17. The smallest absolute Gasteiger partial charge is 0.407 e. The zero-order valence-electron chi connectivity index (χ0n) is 49.4. The predicted octanol–water partition coefficient (Wildman–Crippen LogP) is -6.56. The van der Waals surface area contributed by atoms with E-state index < -0.39 is 225 Å². The van der Waals surface area contributed by atoms with E-state index in [0.29, 0.717) is 0 Å². The van der Waals surface area contributed by atoms with Crippen LogP contribution < -0.4 is 69.5 Å². The number of alkyl carbamates (subject to hydrolysis) is 1. The molecule has 37 nitrogen and oxygen atoms in total. The van der Waals surface area contributed by atoms with Crippen molar-refractivity contribution in [2.75, 3.05) is 38.6 Å². The average Bonchev–Trinajstić information content (AvgIpc) is 1.81. The summed E-state index contributed by atoms with van der Waals surface area (Å²) in [6.07, 6.45) is -7.66. The van der Waals surface area contributed by atoms with Crippen LogP contribution in [-0.4, -0.2) is 225 Å². The van der Waals surface area contributed by atoms with E-state index in [1.165, 1.54) is 37.3 Å². The highest BCUT2D eigenvalue weighted by Gasteiger charge is 2.39. The van der Waals surface area contributed by atoms with E-state index in [-0.39, 0.29) is 35.8 Å². The molecule has 0 bridgehead atoms. The van der Waals surface area contributed by atoms with Gasteiger partial charge in [0.25, 0.3) is 0 Å². The van der Waals surface area contributed by atoms with Gasteiger partial charge in [-0.15, -0.1) is 0 Å². The third-order valence-corrected chi connectivity index (χ3v) is 12.8. The van der Waals surface area contributed by atoms with Crippen molar-refractivity contribution in [2.45, 2.75) is 133 Å². The van der Waals surface area contributed by atoms with E-state index in [2.05, 4.69) is 54.4 Å². The summed E-state index contributed by atoms with van der Waals surface area (Å²) >= 11 is 5.00. The molecule has 1 fully saturated rings. The van der Waals surface area contributed by atoms with Crippen LogP contribution in [-0.2, 0) is 81.4 Å². The number of thiocarbonyl (C=S) groups is 1. The zero-order chi connectivity index (χ0) is 68.8. The van der Waals surface area contributed by atoms with Crippen molar-refractivity contribution in [2.24, 2.45) is 5.92 Å². The molecule has 1 aromatic carbocycles. The van der Waals surface area contributed by atoms with Crippen molar-refractivity contribution in [1.29, 1.82) is 0 Å². The van der Waals surface area contributed by atoms with Gasteiger partial charge < -0.3 is 105 Å². The lowest BCUT2D eigenvalue weighted by Gasteiger charge is -2.29. The van der Waals surface area contributed by atoms with E-state index in [0.717, 1.165) is 20.8 Å². The maximum Gasteiger partial charge on any atom is 0.407 e. The predicted molar refractivity (Wildman–Crippen MR) is 312 cm³/mol. The molecule has 11 amide bonds. The molecule has 1 aromatic rings. The molecule has 0 aliphatic carbocycles. The molecule has 1 unspecified atom stereocenters. The summed E-state index contributed by atoms with van der Waals surface area (Å²) in [4.78, 5) is 225. The second-order valence-electron chi connectivity index (χ2n) is 20.2. The fourth-order valence-electron chi connectivity index (χ4n) is 8.15. The van der Waals surface area contributed by atoms with Gasteiger partial charge in [0.05, 0.1) is 50.4 Å². The highest BCUT2D eigenvalue weighted by atomic mass is 32.1. The summed E-state index contributed by atoms with van der Waals surface area (Å²) in [5, 5.41) is 74.8. The summed E-state index contributed by atoms with van der Waals surface area (Å²) in [7, 11) is 0. The largest absolute Gasteiger partial charge is 0.481 e. The Bertz CT molecular complexity index is 2930. The van der Waals surface area contributed by atoms with Gasteiger partial charge in [-0.05, 0) is 51.7 Å². The minimum atomic E-state index is -2.21. The van der Waals surface area contributed by atoms with Gasteiger partial charge in [0.15, 0.2) is 5.78 Å². The van der Waals surface area contributed by atoms with Gasteiger partial charge in [-0.3, -0.25) is 71.9 Å². The fraction of sp³-hybridized carbons (Fsp3) is 0.509. The SMILES string of the molecule is C=CCOC(=O)NCCC[C@@H]1NC(=O)CNC(=O)[C@@H](NC(=O)[C@H](CC(=O)O)NC(C)=S)[C@@H](C)OC(=O)[C@H](CC(=O)c2ccccc2N)NC(=O)[C@H](C(C)CC(=O)O)NC(=O)[C@@H](CO)NC(=O)CNC(=O)[C@H](CC(=O)O)NC(=O)[C@@H](C)NC(=O)[C@H](CC(=O)O)NC1=O. The van der Waals surface area contributed by atoms with Crippen LogP contribution in [0.3, 0.4) is 0 Å². The number of aliphatic hydroxyl groups excluding tert-OH is 1. The molecule has 1 heterocycles. The number of nitrogens with one attached hydrogen (secondary N) is 12. The number of nitrogen functional groups attached to an aromatic ring is 1. The van der Waals surface area contributed by atoms with E-state index in [9.17, 15) is 107 Å². The first kappa shape index (κ1) is 76.7. The lowest BCUT2D eigenvalue weighted by molar-refractivity contribution is -0.156. The van der Waals surface area contributed by atoms with Crippen molar-refractivity contribution >= 4 is 124 Å². The van der Waals surface area contributed by atoms with Gasteiger partial charge in [-0.25, -0.2) is 9.59 Å². The minimum absolute atomic E-state index is 0.124. The van der Waals surface area contributed by atoms with Crippen molar-refractivity contribution in [3.05, 3.63) is 42.5 Å². The summed E-state index contributed by atoms with van der Waals surface area (Å²) in [6.45, 7) is 3.73. The number of carboxylic acids is 4. The number of aliphatic carboxylic acids is 4. The number of carbonyl (C=O) groups is 17. The summed E-state index contributed by atoms with van der Waals surface area (Å²) in [5.74, 6) is -24.0. The van der Waals surface area contributed by atoms with Crippen LogP contribution in [0.2, 0.25) is 0 Å².